The van der Waals surface area contributed by atoms with Gasteiger partial charge in [0, 0.05) is 53.3 Å². The van der Waals surface area contributed by atoms with Crippen molar-refractivity contribution in [2.75, 3.05) is 0 Å². The zero-order valence-corrected chi connectivity index (χ0v) is 27.7. The maximum atomic E-state index is 5.10. The van der Waals surface area contributed by atoms with Crippen molar-refractivity contribution >= 4 is 53.3 Å². The summed E-state index contributed by atoms with van der Waals surface area (Å²) in [5, 5.41) is 5.05. The minimum absolute atomic E-state index is 0.634. The van der Waals surface area contributed by atoms with E-state index in [1.54, 1.807) is 0 Å². The van der Waals surface area contributed by atoms with Crippen LogP contribution in [0.15, 0.2) is 170 Å². The zero-order valence-electron chi connectivity index (χ0n) is 26.9. The first-order valence-electron chi connectivity index (χ1n) is 16.7. The Morgan fingerprint density at radius 3 is 1.70 bits per heavy atom. The van der Waals surface area contributed by atoms with E-state index in [-0.39, 0.29) is 0 Å². The molecule has 0 unspecified atom stereocenters. The molecular formula is C45H28N4S. The van der Waals surface area contributed by atoms with E-state index in [0.717, 1.165) is 27.9 Å². The average Bonchev–Trinajstić information content (AvgIpc) is 3.74. The third-order valence-electron chi connectivity index (χ3n) is 9.45. The quantitative estimate of drug-likeness (QED) is 0.185. The fraction of sp³-hybridized carbons (Fsp3) is 0. The molecule has 5 heteroatoms. The van der Waals surface area contributed by atoms with Crippen LogP contribution in [-0.4, -0.2) is 19.5 Å². The molecule has 0 amide bonds. The van der Waals surface area contributed by atoms with E-state index in [0.29, 0.717) is 17.5 Å². The second-order valence-corrected chi connectivity index (χ2v) is 13.5. The van der Waals surface area contributed by atoms with Gasteiger partial charge in [0.05, 0.1) is 11.0 Å². The van der Waals surface area contributed by atoms with Crippen LogP contribution in [-0.2, 0) is 0 Å². The number of thiophene rings is 1. The Kier molecular flexibility index (Phi) is 6.64. The molecule has 0 saturated carbocycles. The van der Waals surface area contributed by atoms with E-state index in [2.05, 4.69) is 138 Å². The second-order valence-electron chi connectivity index (χ2n) is 12.5. The normalized spacial score (nSPS) is 11.6. The molecular weight excluding hydrogens is 629 g/mol. The van der Waals surface area contributed by atoms with Gasteiger partial charge in [-0.1, -0.05) is 140 Å². The van der Waals surface area contributed by atoms with Gasteiger partial charge in [-0.05, 0) is 41.5 Å². The van der Waals surface area contributed by atoms with Crippen LogP contribution >= 0.6 is 11.3 Å². The molecule has 7 aromatic carbocycles. The van der Waals surface area contributed by atoms with E-state index in [9.17, 15) is 0 Å². The number of rotatable bonds is 5. The summed E-state index contributed by atoms with van der Waals surface area (Å²) in [5.74, 6) is 1.92. The summed E-state index contributed by atoms with van der Waals surface area (Å²) in [7, 11) is 0. The summed E-state index contributed by atoms with van der Waals surface area (Å²) >= 11 is 1.85. The van der Waals surface area contributed by atoms with Gasteiger partial charge in [-0.15, -0.1) is 11.3 Å². The first-order chi connectivity index (χ1) is 24.8. The fourth-order valence-corrected chi connectivity index (χ4v) is 8.22. The minimum Gasteiger partial charge on any atom is -0.309 e. The third kappa shape index (κ3) is 4.71. The van der Waals surface area contributed by atoms with Gasteiger partial charge >= 0.3 is 0 Å². The average molecular weight is 657 g/mol. The largest absolute Gasteiger partial charge is 0.309 e. The van der Waals surface area contributed by atoms with Gasteiger partial charge in [0.25, 0.3) is 0 Å². The summed E-state index contributed by atoms with van der Waals surface area (Å²) in [5.41, 5.74) is 8.59. The minimum atomic E-state index is 0.634. The molecule has 10 aromatic rings. The standard InChI is InChI=1S/C45H28N4S/c1-3-12-29(13-4-1)30-22-24-32(25-23-30)44-46-43(31-14-5-2-6-15-31)47-45(48-44)33-16-11-17-34(28-33)49-38-20-9-7-18-35(38)36-26-27-40-41(42(36)49)37-19-8-10-21-39(37)50-40/h1-28H. The molecule has 0 radical (unpaired) electrons. The SMILES string of the molecule is c1ccc(-c2ccc(-c3nc(-c4ccccc4)nc(-c4cccc(-n5c6ccccc6c6ccc7sc8ccccc8c7c65)c4)n3)cc2)cc1. The lowest BCUT2D eigenvalue weighted by Crippen LogP contribution is -2.01. The zero-order chi connectivity index (χ0) is 33.0. The van der Waals surface area contributed by atoms with Crippen molar-refractivity contribution in [3.63, 3.8) is 0 Å². The van der Waals surface area contributed by atoms with Gasteiger partial charge < -0.3 is 4.57 Å². The lowest BCUT2D eigenvalue weighted by molar-refractivity contribution is 1.07. The highest BCUT2D eigenvalue weighted by Gasteiger charge is 2.19. The highest BCUT2D eigenvalue weighted by Crippen LogP contribution is 2.43. The van der Waals surface area contributed by atoms with Crippen molar-refractivity contribution in [1.29, 1.82) is 0 Å². The Hall–Kier alpha value is -6.43. The predicted molar refractivity (Wildman–Crippen MR) is 209 cm³/mol. The van der Waals surface area contributed by atoms with Gasteiger partial charge in [-0.2, -0.15) is 0 Å². The smallest absolute Gasteiger partial charge is 0.164 e. The van der Waals surface area contributed by atoms with Crippen LogP contribution in [0.25, 0.3) is 93.0 Å². The van der Waals surface area contributed by atoms with E-state index >= 15 is 0 Å². The molecule has 10 rings (SSSR count). The highest BCUT2D eigenvalue weighted by atomic mass is 32.1. The molecule has 0 N–H and O–H groups in total. The van der Waals surface area contributed by atoms with Gasteiger partial charge in [-0.25, -0.2) is 15.0 Å². The second kappa shape index (κ2) is 11.6. The van der Waals surface area contributed by atoms with Gasteiger partial charge in [0.2, 0.25) is 0 Å². The number of aromatic nitrogens is 4. The molecule has 234 valence electrons. The Bertz CT molecular complexity index is 2850. The van der Waals surface area contributed by atoms with Crippen molar-refractivity contribution in [3.8, 4) is 51.0 Å². The fourth-order valence-electron chi connectivity index (χ4n) is 7.11. The van der Waals surface area contributed by atoms with Crippen LogP contribution in [0.2, 0.25) is 0 Å². The molecule has 0 saturated heterocycles. The van der Waals surface area contributed by atoms with E-state index in [4.69, 9.17) is 15.0 Å². The first kappa shape index (κ1) is 28.6. The van der Waals surface area contributed by atoms with Crippen LogP contribution in [0.4, 0.5) is 0 Å². The van der Waals surface area contributed by atoms with Crippen LogP contribution in [0, 0.1) is 0 Å². The Labute approximate surface area is 292 Å². The van der Waals surface area contributed by atoms with Crippen LogP contribution in [0.5, 0.6) is 0 Å². The van der Waals surface area contributed by atoms with E-state index in [1.807, 2.05) is 47.7 Å². The maximum absolute atomic E-state index is 5.10. The number of nitrogens with zero attached hydrogens (tertiary/aromatic N) is 4. The first-order valence-corrected chi connectivity index (χ1v) is 17.5. The highest BCUT2D eigenvalue weighted by molar-refractivity contribution is 7.26. The Morgan fingerprint density at radius 1 is 0.380 bits per heavy atom. The van der Waals surface area contributed by atoms with Crippen LogP contribution in [0.1, 0.15) is 0 Å². The summed E-state index contributed by atoms with van der Waals surface area (Å²) in [6.07, 6.45) is 0. The monoisotopic (exact) mass is 656 g/mol. The number of hydrogen-bond acceptors (Lipinski definition) is 4. The Balaban J connectivity index is 1.17. The molecule has 0 bridgehead atoms. The number of para-hydroxylation sites is 1. The van der Waals surface area contributed by atoms with Crippen LogP contribution < -0.4 is 0 Å². The predicted octanol–water partition coefficient (Wildman–Crippen LogP) is 12.0. The topological polar surface area (TPSA) is 43.6 Å². The summed E-state index contributed by atoms with van der Waals surface area (Å²) in [6.45, 7) is 0. The van der Waals surface area contributed by atoms with Crippen molar-refractivity contribution in [3.05, 3.63) is 170 Å². The molecule has 0 aliphatic rings. The molecule has 0 aliphatic heterocycles. The Morgan fingerprint density at radius 2 is 0.940 bits per heavy atom. The molecule has 0 atom stereocenters. The summed E-state index contributed by atoms with van der Waals surface area (Å²) < 4.78 is 4.99. The van der Waals surface area contributed by atoms with Crippen molar-refractivity contribution in [2.24, 2.45) is 0 Å². The molecule has 50 heavy (non-hydrogen) atoms. The van der Waals surface area contributed by atoms with Gasteiger partial charge in [0.15, 0.2) is 17.5 Å². The van der Waals surface area contributed by atoms with Crippen molar-refractivity contribution in [2.45, 2.75) is 0 Å². The summed E-state index contributed by atoms with van der Waals surface area (Å²) in [4.78, 5) is 15.2. The number of fused-ring (bicyclic) bond motifs is 7. The van der Waals surface area contributed by atoms with E-state index in [1.165, 1.54) is 47.5 Å². The number of benzene rings is 7. The van der Waals surface area contributed by atoms with Gasteiger partial charge in [0.1, 0.15) is 0 Å². The lowest BCUT2D eigenvalue weighted by atomic mass is 10.0. The molecule has 3 heterocycles. The molecule has 0 spiro atoms. The van der Waals surface area contributed by atoms with Gasteiger partial charge in [-0.3, -0.25) is 0 Å². The molecule has 4 nitrogen and oxygen atoms in total. The molecule has 0 aliphatic carbocycles. The number of hydrogen-bond donors (Lipinski definition) is 0. The third-order valence-corrected chi connectivity index (χ3v) is 10.6. The molecule has 0 fully saturated rings. The lowest BCUT2D eigenvalue weighted by Gasteiger charge is -2.12. The van der Waals surface area contributed by atoms with Crippen molar-refractivity contribution in [1.82, 2.24) is 19.5 Å². The van der Waals surface area contributed by atoms with E-state index < -0.39 is 0 Å². The van der Waals surface area contributed by atoms with Crippen LogP contribution in [0.3, 0.4) is 0 Å². The summed E-state index contributed by atoms with van der Waals surface area (Å²) in [6, 6.07) is 59.6. The van der Waals surface area contributed by atoms with Crippen molar-refractivity contribution < 1.29 is 0 Å². The molecule has 3 aromatic heterocycles. The maximum Gasteiger partial charge on any atom is 0.164 e.